The lowest BCUT2D eigenvalue weighted by Crippen LogP contribution is -3.13. The molecule has 0 aromatic carbocycles. The number of hydrogen-bond donors (Lipinski definition) is 2. The van der Waals surface area contributed by atoms with Gasteiger partial charge in [-0.1, -0.05) is 12.0 Å². The number of aromatic nitrogens is 1. The van der Waals surface area contributed by atoms with Crippen LogP contribution < -0.4 is 4.90 Å². The molecule has 2 heterocycles. The van der Waals surface area contributed by atoms with E-state index < -0.39 is 5.60 Å². The largest absolute Gasteiger partial charge is 0.379 e. The molecular formula is C22H35N2O2+. The van der Waals surface area contributed by atoms with Crippen molar-refractivity contribution in [3.63, 3.8) is 0 Å². The molecule has 1 aliphatic rings. The Morgan fingerprint density at radius 2 is 2.12 bits per heavy atom. The predicted molar refractivity (Wildman–Crippen MR) is 105 cm³/mol. The second kappa shape index (κ2) is 9.50. The van der Waals surface area contributed by atoms with Gasteiger partial charge in [0.05, 0.1) is 12.1 Å². The van der Waals surface area contributed by atoms with Crippen molar-refractivity contribution in [1.82, 2.24) is 4.98 Å². The summed E-state index contributed by atoms with van der Waals surface area (Å²) in [5.41, 5.74) is 0.235. The molecule has 1 unspecified atom stereocenters. The maximum atomic E-state index is 10.6. The van der Waals surface area contributed by atoms with Crippen molar-refractivity contribution >= 4 is 0 Å². The first-order valence-electron chi connectivity index (χ1n) is 9.85. The molecule has 144 valence electrons. The van der Waals surface area contributed by atoms with E-state index in [4.69, 9.17) is 4.74 Å². The molecule has 1 fully saturated rings. The fourth-order valence-electron chi connectivity index (χ4n) is 3.65. The zero-order valence-corrected chi connectivity index (χ0v) is 16.8. The Balaban J connectivity index is 1.89. The Hall–Kier alpha value is -1.41. The third-order valence-corrected chi connectivity index (χ3v) is 5.49. The quantitative estimate of drug-likeness (QED) is 0.736. The van der Waals surface area contributed by atoms with Gasteiger partial charge in [-0.3, -0.25) is 4.98 Å². The van der Waals surface area contributed by atoms with Crippen LogP contribution in [0.4, 0.5) is 0 Å². The third kappa shape index (κ3) is 6.72. The summed E-state index contributed by atoms with van der Waals surface area (Å²) >= 11 is 0. The Morgan fingerprint density at radius 1 is 1.31 bits per heavy atom. The molecule has 0 bridgehead atoms. The van der Waals surface area contributed by atoms with E-state index in [9.17, 15) is 5.11 Å². The van der Waals surface area contributed by atoms with Gasteiger partial charge in [-0.05, 0) is 64.9 Å². The Kier molecular flexibility index (Phi) is 7.64. The van der Waals surface area contributed by atoms with Crippen LogP contribution in [0.1, 0.15) is 70.9 Å². The van der Waals surface area contributed by atoms with E-state index in [0.29, 0.717) is 12.5 Å². The zero-order chi connectivity index (χ0) is 19.0. The normalized spacial score (nSPS) is 23.0. The average Bonchev–Trinajstić information content (AvgIpc) is 2.62. The minimum absolute atomic E-state index is 0.140. The number of ether oxygens (including phenoxy) is 1. The standard InChI is InChI=1S/C22H34N2O2/c1-21(2,26-4)12-8-13-22(3,25)14-9-17-24-16-6-5-11-20(24)19-10-7-15-23-18-19/h7,10,15,18,20,25H,5-6,8,11-13,16-17H2,1-4H3/p+1/t20-,22-/m1/s1. The molecule has 0 radical (unpaired) electrons. The van der Waals surface area contributed by atoms with Crippen molar-refractivity contribution in [1.29, 1.82) is 0 Å². The topological polar surface area (TPSA) is 46.8 Å². The smallest absolute Gasteiger partial charge is 0.139 e. The minimum atomic E-state index is -0.928. The summed E-state index contributed by atoms with van der Waals surface area (Å²) in [4.78, 5) is 5.77. The summed E-state index contributed by atoms with van der Waals surface area (Å²) in [5.74, 6) is 6.38. The average molecular weight is 360 g/mol. The maximum Gasteiger partial charge on any atom is 0.139 e. The van der Waals surface area contributed by atoms with E-state index in [2.05, 4.69) is 36.7 Å². The summed E-state index contributed by atoms with van der Waals surface area (Å²) in [6.45, 7) is 7.89. The summed E-state index contributed by atoms with van der Waals surface area (Å²) in [6, 6.07) is 4.66. The van der Waals surface area contributed by atoms with Gasteiger partial charge in [0.1, 0.15) is 18.2 Å². The van der Waals surface area contributed by atoms with E-state index in [1.807, 2.05) is 25.4 Å². The molecule has 3 atom stereocenters. The van der Waals surface area contributed by atoms with Gasteiger partial charge in [0.2, 0.25) is 0 Å². The lowest BCUT2D eigenvalue weighted by Gasteiger charge is -2.31. The molecule has 0 amide bonds. The van der Waals surface area contributed by atoms with Crippen LogP contribution in [0.5, 0.6) is 0 Å². The van der Waals surface area contributed by atoms with Crippen molar-refractivity contribution in [3.8, 4) is 11.8 Å². The highest BCUT2D eigenvalue weighted by molar-refractivity contribution is 5.14. The first-order chi connectivity index (χ1) is 12.3. The van der Waals surface area contributed by atoms with Crippen LogP contribution in [0, 0.1) is 11.8 Å². The fourth-order valence-corrected chi connectivity index (χ4v) is 3.65. The van der Waals surface area contributed by atoms with Gasteiger partial charge in [0, 0.05) is 31.5 Å². The second-order valence-electron chi connectivity index (χ2n) is 8.31. The molecule has 1 saturated heterocycles. The first kappa shape index (κ1) is 20.9. The van der Waals surface area contributed by atoms with E-state index in [-0.39, 0.29) is 5.60 Å². The van der Waals surface area contributed by atoms with Crippen LogP contribution in [0.25, 0.3) is 0 Å². The van der Waals surface area contributed by atoms with Crippen molar-refractivity contribution in [2.24, 2.45) is 0 Å². The molecule has 4 nitrogen and oxygen atoms in total. The molecule has 1 aromatic heterocycles. The van der Waals surface area contributed by atoms with Crippen molar-refractivity contribution in [3.05, 3.63) is 30.1 Å². The van der Waals surface area contributed by atoms with Crippen molar-refractivity contribution < 1.29 is 14.7 Å². The zero-order valence-electron chi connectivity index (χ0n) is 16.8. The predicted octanol–water partition coefficient (Wildman–Crippen LogP) is 2.54. The molecule has 2 rings (SSSR count). The summed E-state index contributed by atoms with van der Waals surface area (Å²) < 4.78 is 5.44. The van der Waals surface area contributed by atoms with E-state index in [1.54, 1.807) is 7.11 Å². The number of methoxy groups -OCH3 is 1. The van der Waals surface area contributed by atoms with Gasteiger partial charge in [-0.15, -0.1) is 0 Å². The molecule has 0 aliphatic carbocycles. The number of aliphatic hydroxyl groups is 1. The van der Waals surface area contributed by atoms with Crippen molar-refractivity contribution in [2.75, 3.05) is 20.2 Å². The lowest BCUT2D eigenvalue weighted by atomic mass is 9.94. The highest BCUT2D eigenvalue weighted by Gasteiger charge is 2.27. The molecule has 4 heteroatoms. The molecular weight excluding hydrogens is 324 g/mol. The van der Waals surface area contributed by atoms with Crippen LogP contribution in [-0.4, -0.2) is 41.5 Å². The van der Waals surface area contributed by atoms with Gasteiger partial charge >= 0.3 is 0 Å². The van der Waals surface area contributed by atoms with Crippen molar-refractivity contribution in [2.45, 2.75) is 76.5 Å². The van der Waals surface area contributed by atoms with E-state index >= 15 is 0 Å². The number of pyridine rings is 1. The molecule has 0 spiro atoms. The molecule has 1 aliphatic heterocycles. The maximum absolute atomic E-state index is 10.6. The number of piperidine rings is 1. The Morgan fingerprint density at radius 3 is 2.81 bits per heavy atom. The van der Waals surface area contributed by atoms with Gasteiger partial charge < -0.3 is 14.7 Å². The van der Waals surface area contributed by atoms with Crippen LogP contribution in [0.2, 0.25) is 0 Å². The molecule has 2 N–H and O–H groups in total. The number of nitrogens with one attached hydrogen (secondary N) is 1. The van der Waals surface area contributed by atoms with Crippen LogP contribution in [0.3, 0.4) is 0 Å². The van der Waals surface area contributed by atoms with Gasteiger partial charge in [0.15, 0.2) is 0 Å². The highest BCUT2D eigenvalue weighted by atomic mass is 16.5. The van der Waals surface area contributed by atoms with Gasteiger partial charge in [-0.2, -0.15) is 0 Å². The molecule has 1 aromatic rings. The van der Waals surface area contributed by atoms with E-state index in [1.165, 1.54) is 29.7 Å². The van der Waals surface area contributed by atoms with Gasteiger partial charge in [0.25, 0.3) is 0 Å². The monoisotopic (exact) mass is 359 g/mol. The number of nitrogens with zero attached hydrogens (tertiary/aromatic N) is 1. The number of likely N-dealkylation sites (tertiary alicyclic amines) is 1. The number of hydrogen-bond acceptors (Lipinski definition) is 3. The second-order valence-corrected chi connectivity index (χ2v) is 8.31. The van der Waals surface area contributed by atoms with E-state index in [0.717, 1.165) is 25.9 Å². The first-order valence-corrected chi connectivity index (χ1v) is 9.85. The number of quaternary nitrogens is 1. The summed E-state index contributed by atoms with van der Waals surface area (Å²) in [6.07, 6.45) is 10.0. The summed E-state index contributed by atoms with van der Waals surface area (Å²) in [7, 11) is 1.73. The Bertz CT molecular complexity index is 602. The third-order valence-electron chi connectivity index (χ3n) is 5.49. The SMILES string of the molecule is COC(C)(C)CCC[C@@](C)(O)C#CC[NH+]1CCCC[C@@H]1c1cccnc1. The molecule has 26 heavy (non-hydrogen) atoms. The summed E-state index contributed by atoms with van der Waals surface area (Å²) in [5, 5.41) is 10.6. The number of rotatable bonds is 7. The van der Waals surface area contributed by atoms with Crippen LogP contribution in [0.15, 0.2) is 24.5 Å². The van der Waals surface area contributed by atoms with Crippen LogP contribution >= 0.6 is 0 Å². The Labute approximate surface area is 159 Å². The minimum Gasteiger partial charge on any atom is -0.379 e. The van der Waals surface area contributed by atoms with Gasteiger partial charge in [-0.25, -0.2) is 0 Å². The fraction of sp³-hybridized carbons (Fsp3) is 0.682. The van der Waals surface area contributed by atoms with Crippen LogP contribution in [-0.2, 0) is 4.74 Å². The lowest BCUT2D eigenvalue weighted by molar-refractivity contribution is -0.930. The molecule has 0 saturated carbocycles. The highest BCUT2D eigenvalue weighted by Crippen LogP contribution is 2.21.